The molecule has 9 heteroatoms. The second-order valence-corrected chi connectivity index (χ2v) is 10.8. The molecule has 1 amide bonds. The van der Waals surface area contributed by atoms with Crippen molar-refractivity contribution in [2.24, 2.45) is 7.05 Å². The van der Waals surface area contributed by atoms with Gasteiger partial charge in [-0.15, -0.1) is 11.3 Å². The van der Waals surface area contributed by atoms with Gasteiger partial charge in [-0.05, 0) is 57.2 Å². The molecule has 0 saturated heterocycles. The Morgan fingerprint density at radius 3 is 2.71 bits per heavy atom. The second-order valence-electron chi connectivity index (χ2n) is 8.37. The van der Waals surface area contributed by atoms with Gasteiger partial charge >= 0.3 is 5.97 Å². The average Bonchev–Trinajstić information content (AvgIpc) is 3.13. The van der Waals surface area contributed by atoms with Gasteiger partial charge in [0, 0.05) is 11.9 Å². The van der Waals surface area contributed by atoms with E-state index in [1.165, 1.54) is 34.1 Å². The lowest BCUT2D eigenvalue weighted by Gasteiger charge is -2.14. The zero-order valence-corrected chi connectivity index (χ0v) is 21.3. The molecule has 180 valence electrons. The van der Waals surface area contributed by atoms with Crippen molar-refractivity contribution in [3.63, 3.8) is 0 Å². The Hall–Kier alpha value is -2.65. The molecule has 0 aliphatic heterocycles. The Kier molecular flexibility index (Phi) is 7.73. The van der Waals surface area contributed by atoms with E-state index in [1.807, 2.05) is 6.07 Å². The van der Waals surface area contributed by atoms with Crippen LogP contribution >= 0.6 is 23.1 Å². The monoisotopic (exact) mass is 499 g/mol. The third kappa shape index (κ3) is 5.05. The molecule has 0 bridgehead atoms. The number of carbonyl (C=O) groups excluding carboxylic acids is 2. The number of thioether (sulfide) groups is 1. The first kappa shape index (κ1) is 24.5. The number of anilines is 1. The number of hydrogen-bond acceptors (Lipinski definition) is 7. The van der Waals surface area contributed by atoms with Gasteiger partial charge in [0.15, 0.2) is 5.16 Å². The summed E-state index contributed by atoms with van der Waals surface area (Å²) in [5.41, 5.74) is 1.98. The van der Waals surface area contributed by atoms with E-state index in [-0.39, 0.29) is 24.0 Å². The van der Waals surface area contributed by atoms with Gasteiger partial charge in [0.1, 0.15) is 5.00 Å². The minimum atomic E-state index is -0.529. The molecule has 1 aromatic carbocycles. The van der Waals surface area contributed by atoms with E-state index >= 15 is 0 Å². The number of fused-ring (bicyclic) bond motifs is 2. The van der Waals surface area contributed by atoms with Crippen LogP contribution < -0.4 is 10.9 Å². The summed E-state index contributed by atoms with van der Waals surface area (Å²) in [5, 5.41) is 4.02. The van der Waals surface area contributed by atoms with Crippen LogP contribution in [0.25, 0.3) is 10.9 Å². The van der Waals surface area contributed by atoms with Crippen LogP contribution in [0, 0.1) is 0 Å². The number of nitrogens with one attached hydrogen (secondary N) is 1. The molecule has 1 N–H and O–H groups in total. The van der Waals surface area contributed by atoms with Gasteiger partial charge in [-0.2, -0.15) is 0 Å². The molecule has 0 radical (unpaired) electrons. The van der Waals surface area contributed by atoms with Gasteiger partial charge in [-0.25, -0.2) is 9.78 Å². The highest BCUT2D eigenvalue weighted by atomic mass is 32.2. The molecule has 0 spiro atoms. The molecule has 1 aliphatic rings. The van der Waals surface area contributed by atoms with Gasteiger partial charge in [0.05, 0.1) is 28.3 Å². The third-order valence-electron chi connectivity index (χ3n) is 5.98. The Labute approximate surface area is 206 Å². The molecule has 1 unspecified atom stereocenters. The van der Waals surface area contributed by atoms with Crippen molar-refractivity contribution in [3.8, 4) is 0 Å². The maximum atomic E-state index is 13.2. The Balaban J connectivity index is 1.59. The van der Waals surface area contributed by atoms with E-state index in [0.29, 0.717) is 26.6 Å². The second kappa shape index (κ2) is 10.7. The maximum absolute atomic E-state index is 13.2. The molecule has 34 heavy (non-hydrogen) atoms. The van der Waals surface area contributed by atoms with Crippen molar-refractivity contribution < 1.29 is 14.3 Å². The third-order valence-corrected chi connectivity index (χ3v) is 8.33. The van der Waals surface area contributed by atoms with Crippen LogP contribution in [0.15, 0.2) is 34.2 Å². The number of hydrogen-bond donors (Lipinski definition) is 1. The van der Waals surface area contributed by atoms with Crippen LogP contribution in [0.3, 0.4) is 0 Å². The summed E-state index contributed by atoms with van der Waals surface area (Å²) in [6.45, 7) is 3.84. The van der Waals surface area contributed by atoms with Crippen LogP contribution in [0.2, 0.25) is 0 Å². The van der Waals surface area contributed by atoms with Crippen molar-refractivity contribution in [1.82, 2.24) is 9.55 Å². The van der Waals surface area contributed by atoms with E-state index in [4.69, 9.17) is 4.74 Å². The van der Waals surface area contributed by atoms with Gasteiger partial charge in [-0.3, -0.25) is 14.2 Å². The highest BCUT2D eigenvalue weighted by Crippen LogP contribution is 2.38. The number of carbonyl (C=O) groups is 2. The number of rotatable bonds is 6. The van der Waals surface area contributed by atoms with Crippen LogP contribution in [0.4, 0.5) is 5.00 Å². The number of thiophene rings is 1. The molecule has 1 aliphatic carbocycles. The summed E-state index contributed by atoms with van der Waals surface area (Å²) < 4.78 is 6.81. The fraction of sp³-hybridized carbons (Fsp3) is 0.440. The summed E-state index contributed by atoms with van der Waals surface area (Å²) in [6.07, 6.45) is 6.16. The molecular formula is C25H29N3O4S2. The van der Waals surface area contributed by atoms with Crippen LogP contribution in [-0.4, -0.2) is 33.3 Å². The molecule has 2 aromatic heterocycles. The standard InChI is InChI=1S/C25H29N3O4S2/c1-4-32-24(31)20-17-12-7-5-6-8-14-19(17)34-22(20)27-21(29)15(2)33-25-26-18-13-10-9-11-16(18)23(30)28(25)3/h9-11,13,15H,4-8,12,14H2,1-3H3,(H,27,29). The summed E-state index contributed by atoms with van der Waals surface area (Å²) in [7, 11) is 1.66. The molecule has 0 saturated carbocycles. The minimum absolute atomic E-state index is 0.150. The van der Waals surface area contributed by atoms with Crippen molar-refractivity contribution in [1.29, 1.82) is 0 Å². The van der Waals surface area contributed by atoms with Crippen molar-refractivity contribution in [2.75, 3.05) is 11.9 Å². The summed E-state index contributed by atoms with van der Waals surface area (Å²) >= 11 is 2.71. The predicted octanol–water partition coefficient (Wildman–Crippen LogP) is 4.95. The fourth-order valence-corrected chi connectivity index (χ4v) is 6.31. The summed E-state index contributed by atoms with van der Waals surface area (Å²) in [4.78, 5) is 44.4. The Bertz CT molecular complexity index is 1280. The number of ether oxygens (including phenoxy) is 1. The van der Waals surface area contributed by atoms with Gasteiger partial charge in [0.25, 0.3) is 5.56 Å². The quantitative estimate of drug-likeness (QED) is 0.293. The van der Waals surface area contributed by atoms with Crippen LogP contribution in [0.5, 0.6) is 0 Å². The zero-order valence-electron chi connectivity index (χ0n) is 19.7. The summed E-state index contributed by atoms with van der Waals surface area (Å²) in [6, 6.07) is 7.17. The van der Waals surface area contributed by atoms with Crippen molar-refractivity contribution in [2.45, 2.75) is 62.8 Å². The number of aromatic nitrogens is 2. The molecule has 2 heterocycles. The van der Waals surface area contributed by atoms with Gasteiger partial charge in [-0.1, -0.05) is 36.7 Å². The van der Waals surface area contributed by atoms with E-state index < -0.39 is 5.25 Å². The number of aryl methyl sites for hydroxylation is 1. The van der Waals surface area contributed by atoms with Crippen LogP contribution in [-0.2, 0) is 29.4 Å². The van der Waals surface area contributed by atoms with Gasteiger partial charge < -0.3 is 10.1 Å². The molecule has 4 rings (SSSR count). The van der Waals surface area contributed by atoms with Crippen LogP contribution in [0.1, 0.15) is 60.3 Å². The number of nitrogens with zero attached hydrogens (tertiary/aromatic N) is 2. The highest BCUT2D eigenvalue weighted by Gasteiger charge is 2.28. The molecule has 7 nitrogen and oxygen atoms in total. The Morgan fingerprint density at radius 1 is 1.21 bits per heavy atom. The maximum Gasteiger partial charge on any atom is 0.341 e. The molecule has 0 fully saturated rings. The lowest BCUT2D eigenvalue weighted by molar-refractivity contribution is -0.115. The topological polar surface area (TPSA) is 90.3 Å². The minimum Gasteiger partial charge on any atom is -0.462 e. The number of para-hydroxylation sites is 1. The average molecular weight is 500 g/mol. The molecule has 1 atom stereocenters. The van der Waals surface area contributed by atoms with E-state index in [9.17, 15) is 14.4 Å². The number of amides is 1. The lowest BCUT2D eigenvalue weighted by Crippen LogP contribution is -2.26. The Morgan fingerprint density at radius 2 is 1.94 bits per heavy atom. The largest absolute Gasteiger partial charge is 0.462 e. The predicted molar refractivity (Wildman–Crippen MR) is 137 cm³/mol. The van der Waals surface area contributed by atoms with Gasteiger partial charge in [0.2, 0.25) is 5.91 Å². The van der Waals surface area contributed by atoms with E-state index in [2.05, 4.69) is 10.3 Å². The van der Waals surface area contributed by atoms with E-state index in [1.54, 1.807) is 39.1 Å². The normalized spacial score (nSPS) is 14.7. The number of benzene rings is 1. The first-order valence-electron chi connectivity index (χ1n) is 11.7. The number of esters is 1. The van der Waals surface area contributed by atoms with Crippen molar-refractivity contribution in [3.05, 3.63) is 50.6 Å². The zero-order chi connectivity index (χ0) is 24.2. The smallest absolute Gasteiger partial charge is 0.341 e. The SMILES string of the molecule is CCOC(=O)c1c(NC(=O)C(C)Sc2nc3ccccc3c(=O)n2C)sc2c1CCCCCC2. The fourth-order valence-electron chi connectivity index (χ4n) is 4.15. The first-order chi connectivity index (χ1) is 16.4. The van der Waals surface area contributed by atoms with Crippen molar-refractivity contribution >= 4 is 50.9 Å². The summed E-state index contributed by atoms with van der Waals surface area (Å²) in [5.74, 6) is -0.623. The lowest BCUT2D eigenvalue weighted by atomic mass is 9.96. The first-order valence-corrected chi connectivity index (χ1v) is 13.3. The highest BCUT2D eigenvalue weighted by molar-refractivity contribution is 8.00. The molecular weight excluding hydrogens is 470 g/mol. The van der Waals surface area contributed by atoms with E-state index in [0.717, 1.165) is 42.5 Å². The molecule has 3 aromatic rings.